The molecule has 0 unspecified atom stereocenters. The van der Waals surface area contributed by atoms with Gasteiger partial charge in [-0.25, -0.2) is 4.98 Å². The van der Waals surface area contributed by atoms with Crippen LogP contribution in [0, 0.1) is 12.1 Å². The summed E-state index contributed by atoms with van der Waals surface area (Å²) in [7, 11) is 0. The molecule has 5 nitrogen and oxygen atoms in total. The smallest absolute Gasteiger partial charge is 0.148 e. The van der Waals surface area contributed by atoms with Crippen molar-refractivity contribution < 1.29 is 26.0 Å². The number of nitrogens with zero attached hydrogens (tertiary/aromatic N) is 4. The van der Waals surface area contributed by atoms with Crippen molar-refractivity contribution in [3.63, 3.8) is 0 Å². The normalized spacial score (nSPS) is 13.6. The van der Waals surface area contributed by atoms with Crippen LogP contribution in [0.4, 0.5) is 22.7 Å². The Kier molecular flexibility index (Phi) is 10.4. The van der Waals surface area contributed by atoms with Crippen molar-refractivity contribution in [1.29, 1.82) is 0 Å². The van der Waals surface area contributed by atoms with Gasteiger partial charge in [-0.1, -0.05) is 154 Å². The number of anilines is 4. The first kappa shape index (κ1) is 41.6. The van der Waals surface area contributed by atoms with Gasteiger partial charge < -0.3 is 4.57 Å². The van der Waals surface area contributed by atoms with E-state index in [1.54, 1.807) is 0 Å². The molecular weight excluding hydrogens is 988 g/mol. The van der Waals surface area contributed by atoms with Crippen LogP contribution < -0.4 is 10.1 Å². The fraction of sp³-hybridized carbons (Fsp3) is 0.117. The molecule has 1 N–H and O–H groups in total. The van der Waals surface area contributed by atoms with E-state index in [4.69, 9.17) is 9.92 Å². The molecule has 0 amide bonds. The Balaban J connectivity index is 0.00000481. The molecule has 2 aromatic heterocycles. The Morgan fingerprint density at radius 1 is 0.530 bits per heavy atom. The first-order valence-electron chi connectivity index (χ1n) is 22.7. The van der Waals surface area contributed by atoms with Crippen LogP contribution >= 0.6 is 0 Å². The minimum Gasteiger partial charge on any atom is -0.319 e. The summed E-state index contributed by atoms with van der Waals surface area (Å²) in [6.45, 7) is 9.15. The monoisotopic (exact) mass is 1030 g/mol. The molecule has 324 valence electrons. The first-order chi connectivity index (χ1) is 31.9. The molecule has 3 heterocycles. The van der Waals surface area contributed by atoms with E-state index in [0.717, 1.165) is 61.5 Å². The largest absolute Gasteiger partial charge is 0.319 e. The molecule has 0 radical (unpaired) electrons. The second-order valence-electron chi connectivity index (χ2n) is 17.8. The summed E-state index contributed by atoms with van der Waals surface area (Å²) < 4.78 is 2.32. The maximum Gasteiger partial charge on any atom is 0.148 e. The molecular formula is C60H47N4OPt-. The molecule has 0 bridgehead atoms. The van der Waals surface area contributed by atoms with Gasteiger partial charge in [0.15, 0.2) is 0 Å². The average Bonchev–Trinajstić information content (AvgIpc) is 4.01. The molecule has 1 aliphatic heterocycles. The third-order valence-corrected chi connectivity index (χ3v) is 13.5. The van der Waals surface area contributed by atoms with E-state index in [-0.39, 0.29) is 21.1 Å². The minimum atomic E-state index is -0.769. The zero-order chi connectivity index (χ0) is 43.8. The van der Waals surface area contributed by atoms with Gasteiger partial charge in [0.05, 0.1) is 0 Å². The molecule has 6 heteroatoms. The Morgan fingerprint density at radius 3 is 1.85 bits per heavy atom. The number of pyridine rings is 1. The fourth-order valence-corrected chi connectivity index (χ4v) is 10.6. The number of aromatic nitrogens is 2. The van der Waals surface area contributed by atoms with Crippen LogP contribution in [0.5, 0.6) is 0 Å². The molecule has 10 aromatic rings. The molecule has 0 spiro atoms. The molecule has 12 rings (SSSR count). The topological polar surface area (TPSA) is 37.1 Å². The maximum atomic E-state index is 5.23. The van der Waals surface area contributed by atoms with Crippen molar-refractivity contribution in [3.05, 3.63) is 240 Å². The van der Waals surface area contributed by atoms with Crippen LogP contribution in [0.15, 0.2) is 194 Å². The van der Waals surface area contributed by atoms with Crippen molar-refractivity contribution in [2.45, 2.75) is 44.9 Å². The van der Waals surface area contributed by atoms with E-state index >= 15 is 0 Å². The summed E-state index contributed by atoms with van der Waals surface area (Å²) >= 11 is 0. The number of para-hydroxylation sites is 4. The zero-order valence-electron chi connectivity index (χ0n) is 37.2. The summed E-state index contributed by atoms with van der Waals surface area (Å²) in [6, 6.07) is 75.6. The van der Waals surface area contributed by atoms with E-state index < -0.39 is 5.41 Å². The molecule has 8 aromatic carbocycles. The summed E-state index contributed by atoms with van der Waals surface area (Å²) in [6.07, 6.45) is 1.97. The van der Waals surface area contributed by atoms with E-state index in [1.165, 1.54) is 44.5 Å². The molecule has 0 atom stereocenters. The Hall–Kier alpha value is -7.04. The number of fused-ring (bicyclic) bond motifs is 7. The van der Waals surface area contributed by atoms with E-state index in [2.05, 4.69) is 226 Å². The Labute approximate surface area is 400 Å². The second-order valence-corrected chi connectivity index (χ2v) is 17.8. The van der Waals surface area contributed by atoms with E-state index in [1.807, 2.05) is 22.4 Å². The fourth-order valence-electron chi connectivity index (χ4n) is 10.6. The summed E-state index contributed by atoms with van der Waals surface area (Å²) in [5.74, 6) is 1.59. The van der Waals surface area contributed by atoms with Gasteiger partial charge in [-0.15, -0.1) is 33.7 Å². The predicted molar refractivity (Wildman–Crippen MR) is 266 cm³/mol. The summed E-state index contributed by atoms with van der Waals surface area (Å²) in [4.78, 5) is 10.4. The summed E-state index contributed by atoms with van der Waals surface area (Å²) in [5.41, 5.74) is 17.2. The maximum absolute atomic E-state index is 5.23. The third kappa shape index (κ3) is 6.32. The molecule has 1 aliphatic carbocycles. The molecule has 66 heavy (non-hydrogen) atoms. The second kappa shape index (κ2) is 16.4. The third-order valence-electron chi connectivity index (χ3n) is 13.5. The zero-order valence-corrected chi connectivity index (χ0v) is 39.5. The van der Waals surface area contributed by atoms with Crippen LogP contribution in [0.3, 0.4) is 0 Å². The first-order valence-corrected chi connectivity index (χ1v) is 22.7. The minimum absolute atomic E-state index is 0. The van der Waals surface area contributed by atoms with Crippen LogP contribution in [-0.4, -0.2) is 14.5 Å². The molecule has 0 fully saturated rings. The van der Waals surface area contributed by atoms with Crippen LogP contribution in [0.1, 0.15) is 72.9 Å². The van der Waals surface area contributed by atoms with Crippen LogP contribution in [0.25, 0.3) is 49.9 Å². The Morgan fingerprint density at radius 2 is 1.14 bits per heavy atom. The van der Waals surface area contributed by atoms with Crippen molar-refractivity contribution in [3.8, 4) is 28.1 Å². The van der Waals surface area contributed by atoms with Crippen molar-refractivity contribution in [2.24, 2.45) is 0 Å². The van der Waals surface area contributed by atoms with Gasteiger partial charge in [0.25, 0.3) is 0 Å². The van der Waals surface area contributed by atoms with Gasteiger partial charge in [-0.2, -0.15) is 35.3 Å². The van der Waals surface area contributed by atoms with Crippen LogP contribution in [0.2, 0.25) is 0 Å². The van der Waals surface area contributed by atoms with Gasteiger partial charge in [0, 0.05) is 43.9 Å². The van der Waals surface area contributed by atoms with Gasteiger partial charge in [-0.3, -0.25) is 0 Å². The van der Waals surface area contributed by atoms with E-state index in [0.29, 0.717) is 11.8 Å². The van der Waals surface area contributed by atoms with Gasteiger partial charge >= 0.3 is 0 Å². The van der Waals surface area contributed by atoms with Crippen LogP contribution in [-0.2, 0) is 26.5 Å². The van der Waals surface area contributed by atoms with Gasteiger partial charge in [-0.05, 0) is 104 Å². The van der Waals surface area contributed by atoms with Gasteiger partial charge in [0.1, 0.15) is 22.9 Å². The molecule has 0 saturated heterocycles. The number of benzene rings is 8. The quantitative estimate of drug-likeness (QED) is 0.112. The molecule has 2 aliphatic rings. The van der Waals surface area contributed by atoms with E-state index in [9.17, 15) is 0 Å². The SMILES string of the molecule is CC(C)c1cccc(C(C)C)c1-c1ccnc(-n2c3[c-]c(C4(c5[c-]c(N6[OH+]N(c7ccccc7)c7ccccc76)ccc5)c5ccccc5-c5ccccc54)ccc3c3ccccc32)c1.[Pt]. The van der Waals surface area contributed by atoms with Crippen molar-refractivity contribution in [2.75, 3.05) is 10.1 Å². The predicted octanol–water partition coefficient (Wildman–Crippen LogP) is 15.2. The van der Waals surface area contributed by atoms with Gasteiger partial charge in [0.2, 0.25) is 0 Å². The number of hydrogen-bond donors (Lipinski definition) is 0. The number of rotatable bonds is 8. The molecule has 0 saturated carbocycles. The standard InChI is InChI=1S/C60H46N4O.Pt/c1-39(2)46-25-17-26-47(40(3)4)59(46)41-34-35-61-58(36-41)62-54-29-13-10-24-50(54)51-33-32-43(38-57(51)62)60(52-27-11-8-22-48(52)49-23-9-12-28-53(49)60)42-18-16-21-45(37-42)64-56-31-15-14-30-55(56)63(65-64)44-19-6-5-7-20-44;/h5-36,39-40H,1-4H3;/q-2;/p+1. The number of hydrogen-bond acceptors (Lipinski definition) is 3. The van der Waals surface area contributed by atoms with Crippen molar-refractivity contribution in [1.82, 2.24) is 9.55 Å². The Bertz CT molecular complexity index is 3390. The van der Waals surface area contributed by atoms with Crippen molar-refractivity contribution >= 4 is 44.6 Å². The average molecular weight is 1040 g/mol. The summed E-state index contributed by atoms with van der Waals surface area (Å²) in [5, 5.41) is 6.33.